The van der Waals surface area contributed by atoms with Crippen molar-refractivity contribution in [2.45, 2.75) is 45.9 Å². The minimum Gasteiger partial charge on any atom is -0.479 e. The van der Waals surface area contributed by atoms with Crippen LogP contribution in [0.4, 0.5) is 0 Å². The average Bonchev–Trinajstić information content (AvgIpc) is 3.26. The van der Waals surface area contributed by atoms with Gasteiger partial charge in [0.25, 0.3) is 0 Å². The van der Waals surface area contributed by atoms with Crippen molar-refractivity contribution in [3.63, 3.8) is 0 Å². The summed E-state index contributed by atoms with van der Waals surface area (Å²) in [5.41, 5.74) is 3.26. The molecule has 0 unspecified atom stereocenters. The highest BCUT2D eigenvalue weighted by atomic mass is 16.5. The molecule has 3 aromatic rings. The Morgan fingerprint density at radius 1 is 1.00 bits per heavy atom. The SMILES string of the molecule is CCc1ccc(C(=O)c2cccn2C/C=C/c2ccc(COC(C)(C)C(=O)O)cc2)cc1. The summed E-state index contributed by atoms with van der Waals surface area (Å²) in [7, 11) is 0. The Kier molecular flexibility index (Phi) is 7.44. The predicted molar refractivity (Wildman–Crippen MR) is 126 cm³/mol. The van der Waals surface area contributed by atoms with Crippen molar-refractivity contribution in [1.29, 1.82) is 0 Å². The molecule has 32 heavy (non-hydrogen) atoms. The lowest BCUT2D eigenvalue weighted by Gasteiger charge is -2.20. The number of benzene rings is 2. The van der Waals surface area contributed by atoms with Crippen molar-refractivity contribution in [2.75, 3.05) is 0 Å². The van der Waals surface area contributed by atoms with Gasteiger partial charge in [0, 0.05) is 18.3 Å². The summed E-state index contributed by atoms with van der Waals surface area (Å²) in [6.07, 6.45) is 6.86. The summed E-state index contributed by atoms with van der Waals surface area (Å²) in [5, 5.41) is 9.12. The first-order valence-electron chi connectivity index (χ1n) is 10.7. The highest BCUT2D eigenvalue weighted by Crippen LogP contribution is 2.16. The van der Waals surface area contributed by atoms with E-state index < -0.39 is 11.6 Å². The largest absolute Gasteiger partial charge is 0.479 e. The van der Waals surface area contributed by atoms with Gasteiger partial charge in [0.2, 0.25) is 5.78 Å². The zero-order chi connectivity index (χ0) is 23.1. The van der Waals surface area contributed by atoms with Crippen molar-refractivity contribution >= 4 is 17.8 Å². The van der Waals surface area contributed by atoms with Crippen LogP contribution in [0.5, 0.6) is 0 Å². The molecular weight excluding hydrogens is 402 g/mol. The van der Waals surface area contributed by atoms with Gasteiger partial charge in [0.15, 0.2) is 5.60 Å². The number of aromatic nitrogens is 1. The van der Waals surface area contributed by atoms with Gasteiger partial charge in [-0.05, 0) is 49.1 Å². The fourth-order valence-corrected chi connectivity index (χ4v) is 3.17. The summed E-state index contributed by atoms with van der Waals surface area (Å²) in [5.74, 6) is -0.974. The fraction of sp³-hybridized carbons (Fsp3) is 0.259. The molecule has 0 fully saturated rings. The van der Waals surface area contributed by atoms with Crippen LogP contribution in [0.2, 0.25) is 0 Å². The van der Waals surface area contributed by atoms with Crippen molar-refractivity contribution < 1.29 is 19.4 Å². The lowest BCUT2D eigenvalue weighted by Crippen LogP contribution is -2.34. The van der Waals surface area contributed by atoms with Gasteiger partial charge in [-0.25, -0.2) is 4.79 Å². The van der Waals surface area contributed by atoms with E-state index in [1.807, 2.05) is 83.6 Å². The van der Waals surface area contributed by atoms with E-state index in [1.165, 1.54) is 19.4 Å². The molecule has 1 aromatic heterocycles. The third-order valence-corrected chi connectivity index (χ3v) is 5.39. The second-order valence-corrected chi connectivity index (χ2v) is 8.17. The van der Waals surface area contributed by atoms with E-state index in [4.69, 9.17) is 9.84 Å². The minimum atomic E-state index is -1.22. The minimum absolute atomic E-state index is 0.0136. The van der Waals surface area contributed by atoms with Gasteiger partial charge in [0.05, 0.1) is 12.3 Å². The van der Waals surface area contributed by atoms with Crippen LogP contribution in [0.1, 0.15) is 53.5 Å². The van der Waals surface area contributed by atoms with Gasteiger partial charge in [-0.2, -0.15) is 0 Å². The molecule has 1 heterocycles. The number of hydrogen-bond donors (Lipinski definition) is 1. The van der Waals surface area contributed by atoms with E-state index in [0.29, 0.717) is 17.8 Å². The van der Waals surface area contributed by atoms with Gasteiger partial charge in [0.1, 0.15) is 0 Å². The van der Waals surface area contributed by atoms with Gasteiger partial charge in [-0.15, -0.1) is 0 Å². The number of carboxylic acid groups (broad SMARTS) is 1. The Hall–Kier alpha value is -3.44. The first-order chi connectivity index (χ1) is 15.3. The van der Waals surface area contributed by atoms with E-state index in [9.17, 15) is 9.59 Å². The molecule has 0 spiro atoms. The molecule has 5 nitrogen and oxygen atoms in total. The van der Waals surface area contributed by atoms with Gasteiger partial charge in [-0.3, -0.25) is 4.79 Å². The number of ether oxygens (including phenoxy) is 1. The molecule has 5 heteroatoms. The third-order valence-electron chi connectivity index (χ3n) is 5.39. The molecule has 166 valence electrons. The van der Waals surface area contributed by atoms with Gasteiger partial charge < -0.3 is 14.4 Å². The number of carbonyl (C=O) groups is 2. The van der Waals surface area contributed by atoms with E-state index in [0.717, 1.165) is 17.5 Å². The van der Waals surface area contributed by atoms with E-state index in [1.54, 1.807) is 0 Å². The average molecular weight is 432 g/mol. The van der Waals surface area contributed by atoms with Crippen LogP contribution in [0.3, 0.4) is 0 Å². The highest BCUT2D eigenvalue weighted by molar-refractivity contribution is 6.08. The highest BCUT2D eigenvalue weighted by Gasteiger charge is 2.27. The molecule has 0 aliphatic heterocycles. The summed E-state index contributed by atoms with van der Waals surface area (Å²) in [4.78, 5) is 24.0. The van der Waals surface area contributed by atoms with Crippen LogP contribution in [-0.2, 0) is 29.1 Å². The number of nitrogens with zero attached hydrogens (tertiary/aromatic N) is 1. The third kappa shape index (κ3) is 5.83. The molecule has 0 aliphatic carbocycles. The number of carboxylic acids is 1. The van der Waals surface area contributed by atoms with Crippen molar-refractivity contribution in [1.82, 2.24) is 4.57 Å². The maximum Gasteiger partial charge on any atom is 0.335 e. The molecule has 0 atom stereocenters. The number of aryl methyl sites for hydroxylation is 1. The molecule has 2 aromatic carbocycles. The Morgan fingerprint density at radius 2 is 1.66 bits per heavy atom. The van der Waals surface area contributed by atoms with Crippen LogP contribution in [-0.4, -0.2) is 27.0 Å². The molecule has 1 N–H and O–H groups in total. The Balaban J connectivity index is 1.60. The second kappa shape index (κ2) is 10.2. The fourth-order valence-electron chi connectivity index (χ4n) is 3.17. The first-order valence-corrected chi connectivity index (χ1v) is 10.7. The standard InChI is InChI=1S/C27H29NO4/c1-4-20-13-15-23(16-14-20)25(29)24-8-6-18-28(24)17-5-7-21-9-11-22(12-10-21)19-32-27(2,3)26(30)31/h5-16,18H,4,17,19H2,1-3H3,(H,30,31)/b7-5+. The van der Waals surface area contributed by atoms with Crippen molar-refractivity contribution in [2.24, 2.45) is 0 Å². The smallest absolute Gasteiger partial charge is 0.335 e. The van der Waals surface area contributed by atoms with Crippen LogP contribution >= 0.6 is 0 Å². The Morgan fingerprint density at radius 3 is 2.28 bits per heavy atom. The molecule has 0 radical (unpaired) electrons. The molecular formula is C27H29NO4. The number of carbonyl (C=O) groups excluding carboxylic acids is 1. The topological polar surface area (TPSA) is 68.5 Å². The molecule has 0 saturated carbocycles. The first kappa shape index (κ1) is 23.2. The maximum atomic E-state index is 12.9. The summed E-state index contributed by atoms with van der Waals surface area (Å²) in [6, 6.07) is 19.3. The zero-order valence-electron chi connectivity index (χ0n) is 18.7. The summed E-state index contributed by atoms with van der Waals surface area (Å²) >= 11 is 0. The number of aliphatic carboxylic acids is 1. The van der Waals surface area contributed by atoms with Crippen LogP contribution in [0.25, 0.3) is 6.08 Å². The number of rotatable bonds is 10. The molecule has 0 aliphatic rings. The lowest BCUT2D eigenvalue weighted by atomic mass is 10.0. The predicted octanol–water partition coefficient (Wildman–Crippen LogP) is 5.37. The van der Waals surface area contributed by atoms with Crippen molar-refractivity contribution in [3.05, 3.63) is 101 Å². The lowest BCUT2D eigenvalue weighted by molar-refractivity contribution is -0.162. The number of hydrogen-bond acceptors (Lipinski definition) is 3. The van der Waals surface area contributed by atoms with E-state index in [-0.39, 0.29) is 12.4 Å². The molecule has 0 amide bonds. The van der Waals surface area contributed by atoms with E-state index >= 15 is 0 Å². The summed E-state index contributed by atoms with van der Waals surface area (Å²) in [6.45, 7) is 5.98. The summed E-state index contributed by atoms with van der Waals surface area (Å²) < 4.78 is 7.41. The number of allylic oxidation sites excluding steroid dienone is 1. The maximum absolute atomic E-state index is 12.9. The van der Waals surface area contributed by atoms with E-state index in [2.05, 4.69) is 6.92 Å². The van der Waals surface area contributed by atoms with Gasteiger partial charge in [-0.1, -0.05) is 67.6 Å². The van der Waals surface area contributed by atoms with Gasteiger partial charge >= 0.3 is 5.97 Å². The normalized spacial score (nSPS) is 11.7. The molecule has 3 rings (SSSR count). The Bertz CT molecular complexity index is 1090. The van der Waals surface area contributed by atoms with Crippen LogP contribution < -0.4 is 0 Å². The zero-order valence-corrected chi connectivity index (χ0v) is 18.7. The molecule has 0 saturated heterocycles. The molecule has 0 bridgehead atoms. The second-order valence-electron chi connectivity index (χ2n) is 8.17. The number of ketones is 1. The monoisotopic (exact) mass is 431 g/mol. The quantitative estimate of drug-likeness (QED) is 0.438. The Labute approximate surface area is 189 Å². The van der Waals surface area contributed by atoms with Crippen LogP contribution in [0, 0.1) is 0 Å². The van der Waals surface area contributed by atoms with Crippen LogP contribution in [0.15, 0.2) is 72.9 Å². The van der Waals surface area contributed by atoms with Crippen molar-refractivity contribution in [3.8, 4) is 0 Å².